The van der Waals surface area contributed by atoms with Crippen LogP contribution in [0.1, 0.15) is 26.7 Å². The molecule has 17 heavy (non-hydrogen) atoms. The molecule has 0 aromatic carbocycles. The maximum absolute atomic E-state index is 5.72. The van der Waals surface area contributed by atoms with Crippen molar-refractivity contribution in [3.8, 4) is 0 Å². The predicted octanol–water partition coefficient (Wildman–Crippen LogP) is 1.11. The summed E-state index contributed by atoms with van der Waals surface area (Å²) in [5.74, 6) is 0. The Morgan fingerprint density at radius 2 is 1.88 bits per heavy atom. The summed E-state index contributed by atoms with van der Waals surface area (Å²) in [6.45, 7) is 10.6. The van der Waals surface area contributed by atoms with Crippen LogP contribution in [0.3, 0.4) is 0 Å². The zero-order valence-electron chi connectivity index (χ0n) is 11.6. The Labute approximate surface area is 106 Å². The van der Waals surface area contributed by atoms with E-state index in [1.165, 1.54) is 19.4 Å². The minimum Gasteiger partial charge on any atom is -0.383 e. The Balaban J connectivity index is 1.95. The molecule has 1 rings (SSSR count). The Morgan fingerprint density at radius 3 is 2.53 bits per heavy atom. The second kappa shape index (κ2) is 8.86. The smallest absolute Gasteiger partial charge is 0.0678 e. The van der Waals surface area contributed by atoms with Crippen LogP contribution < -0.4 is 5.32 Å². The van der Waals surface area contributed by atoms with Gasteiger partial charge >= 0.3 is 0 Å². The summed E-state index contributed by atoms with van der Waals surface area (Å²) >= 11 is 0. The number of unbranched alkanes of at least 4 members (excludes halogenated alkanes) is 1. The second-order valence-corrected chi connectivity index (χ2v) is 4.97. The fourth-order valence-electron chi connectivity index (χ4n) is 2.35. The number of nitrogens with one attached hydrogen (secondary N) is 1. The first-order valence-electron chi connectivity index (χ1n) is 6.80. The first-order chi connectivity index (χ1) is 8.22. The maximum atomic E-state index is 5.72. The topological polar surface area (TPSA) is 33.7 Å². The molecule has 0 spiro atoms. The van der Waals surface area contributed by atoms with Crippen LogP contribution in [0.15, 0.2) is 0 Å². The van der Waals surface area contributed by atoms with E-state index in [0.29, 0.717) is 12.2 Å². The zero-order chi connectivity index (χ0) is 12.5. The molecule has 1 N–H and O–H groups in total. The number of nitrogens with zero attached hydrogens (tertiary/aromatic N) is 1. The molecule has 1 aliphatic heterocycles. The van der Waals surface area contributed by atoms with E-state index < -0.39 is 0 Å². The van der Waals surface area contributed by atoms with Crippen molar-refractivity contribution in [1.29, 1.82) is 0 Å². The van der Waals surface area contributed by atoms with E-state index in [9.17, 15) is 0 Å². The third-order valence-electron chi connectivity index (χ3n) is 3.06. The van der Waals surface area contributed by atoms with Gasteiger partial charge in [-0.05, 0) is 39.8 Å². The van der Waals surface area contributed by atoms with Crippen LogP contribution in [-0.4, -0.2) is 63.5 Å². The molecule has 4 heteroatoms. The highest BCUT2D eigenvalue weighted by molar-refractivity contribution is 4.72. The van der Waals surface area contributed by atoms with Gasteiger partial charge in [-0.2, -0.15) is 0 Å². The minimum absolute atomic E-state index is 0.388. The standard InChI is InChI=1S/C13H28N2O2/c1-12-10-15(11-13(2)17-12)8-5-4-6-14-7-9-16-3/h12-14H,4-11H2,1-3H3/t12-,13+. The van der Waals surface area contributed by atoms with Gasteiger partial charge < -0.3 is 14.8 Å². The number of ether oxygens (including phenoxy) is 2. The van der Waals surface area contributed by atoms with Gasteiger partial charge in [0.25, 0.3) is 0 Å². The minimum atomic E-state index is 0.388. The molecular formula is C13H28N2O2. The fraction of sp³-hybridized carbons (Fsp3) is 1.00. The van der Waals surface area contributed by atoms with Gasteiger partial charge in [-0.25, -0.2) is 0 Å². The van der Waals surface area contributed by atoms with E-state index in [0.717, 1.165) is 32.8 Å². The SMILES string of the molecule is COCCNCCCCN1C[C@@H](C)O[C@@H](C)C1. The second-order valence-electron chi connectivity index (χ2n) is 4.97. The van der Waals surface area contributed by atoms with E-state index in [2.05, 4.69) is 24.1 Å². The van der Waals surface area contributed by atoms with Crippen LogP contribution in [0, 0.1) is 0 Å². The average molecular weight is 244 g/mol. The van der Waals surface area contributed by atoms with E-state index in [4.69, 9.17) is 9.47 Å². The lowest BCUT2D eigenvalue weighted by atomic mass is 10.2. The summed E-state index contributed by atoms with van der Waals surface area (Å²) < 4.78 is 10.7. The van der Waals surface area contributed by atoms with Crippen LogP contribution in [-0.2, 0) is 9.47 Å². The Kier molecular flexibility index (Phi) is 7.77. The summed E-state index contributed by atoms with van der Waals surface area (Å²) in [7, 11) is 1.74. The van der Waals surface area contributed by atoms with E-state index in [-0.39, 0.29) is 0 Å². The van der Waals surface area contributed by atoms with Crippen molar-refractivity contribution < 1.29 is 9.47 Å². The summed E-state index contributed by atoms with van der Waals surface area (Å²) in [4.78, 5) is 2.52. The van der Waals surface area contributed by atoms with Crippen LogP contribution in [0.2, 0.25) is 0 Å². The van der Waals surface area contributed by atoms with Crippen molar-refractivity contribution in [2.75, 3.05) is 46.4 Å². The monoisotopic (exact) mass is 244 g/mol. The molecule has 4 nitrogen and oxygen atoms in total. The number of morpholine rings is 1. The summed E-state index contributed by atoms with van der Waals surface area (Å²) in [5.41, 5.74) is 0. The molecule has 0 aliphatic carbocycles. The van der Waals surface area contributed by atoms with Crippen LogP contribution >= 0.6 is 0 Å². The van der Waals surface area contributed by atoms with Crippen LogP contribution in [0.5, 0.6) is 0 Å². The normalized spacial score (nSPS) is 26.3. The first-order valence-corrected chi connectivity index (χ1v) is 6.80. The van der Waals surface area contributed by atoms with Gasteiger partial charge in [0.15, 0.2) is 0 Å². The third-order valence-corrected chi connectivity index (χ3v) is 3.06. The van der Waals surface area contributed by atoms with Gasteiger partial charge in [0, 0.05) is 26.7 Å². The fourth-order valence-corrected chi connectivity index (χ4v) is 2.35. The molecule has 102 valence electrons. The van der Waals surface area contributed by atoms with Crippen molar-refractivity contribution in [3.05, 3.63) is 0 Å². The molecule has 1 fully saturated rings. The highest BCUT2D eigenvalue weighted by Gasteiger charge is 2.21. The summed E-state index contributed by atoms with van der Waals surface area (Å²) in [6, 6.07) is 0. The first kappa shape index (κ1) is 14.9. The van der Waals surface area contributed by atoms with Gasteiger partial charge in [-0.3, -0.25) is 4.90 Å². The Morgan fingerprint density at radius 1 is 1.18 bits per heavy atom. The number of hydrogen-bond donors (Lipinski definition) is 1. The number of hydrogen-bond acceptors (Lipinski definition) is 4. The van der Waals surface area contributed by atoms with Crippen molar-refractivity contribution in [2.24, 2.45) is 0 Å². The van der Waals surface area contributed by atoms with E-state index in [1.807, 2.05) is 0 Å². The lowest BCUT2D eigenvalue weighted by molar-refractivity contribution is -0.0681. The largest absolute Gasteiger partial charge is 0.383 e. The van der Waals surface area contributed by atoms with Crippen molar-refractivity contribution >= 4 is 0 Å². The average Bonchev–Trinajstić information content (AvgIpc) is 2.26. The highest BCUT2D eigenvalue weighted by Crippen LogP contribution is 2.10. The van der Waals surface area contributed by atoms with Crippen molar-refractivity contribution in [3.63, 3.8) is 0 Å². The highest BCUT2D eigenvalue weighted by atomic mass is 16.5. The Hall–Kier alpha value is -0.160. The summed E-state index contributed by atoms with van der Waals surface area (Å²) in [6.07, 6.45) is 3.28. The molecular weight excluding hydrogens is 216 g/mol. The van der Waals surface area contributed by atoms with Gasteiger partial charge in [0.2, 0.25) is 0 Å². The van der Waals surface area contributed by atoms with Crippen molar-refractivity contribution in [1.82, 2.24) is 10.2 Å². The zero-order valence-corrected chi connectivity index (χ0v) is 11.6. The summed E-state index contributed by atoms with van der Waals surface area (Å²) in [5, 5.41) is 3.37. The van der Waals surface area contributed by atoms with E-state index in [1.54, 1.807) is 7.11 Å². The van der Waals surface area contributed by atoms with Crippen molar-refractivity contribution in [2.45, 2.75) is 38.9 Å². The lowest BCUT2D eigenvalue weighted by Crippen LogP contribution is -2.45. The molecule has 0 radical (unpaired) electrons. The van der Waals surface area contributed by atoms with E-state index >= 15 is 0 Å². The van der Waals surface area contributed by atoms with Gasteiger partial charge in [-0.1, -0.05) is 0 Å². The molecule has 0 amide bonds. The molecule has 0 aromatic heterocycles. The lowest BCUT2D eigenvalue weighted by Gasteiger charge is -2.35. The Bertz CT molecular complexity index is 180. The molecule has 1 heterocycles. The van der Waals surface area contributed by atoms with Crippen LogP contribution in [0.4, 0.5) is 0 Å². The molecule has 0 unspecified atom stereocenters. The molecule has 0 aromatic rings. The molecule has 0 bridgehead atoms. The number of rotatable bonds is 8. The quantitative estimate of drug-likeness (QED) is 0.649. The molecule has 2 atom stereocenters. The van der Waals surface area contributed by atoms with Gasteiger partial charge in [-0.15, -0.1) is 0 Å². The predicted molar refractivity (Wildman–Crippen MR) is 70.4 cm³/mol. The maximum Gasteiger partial charge on any atom is 0.0678 e. The van der Waals surface area contributed by atoms with Gasteiger partial charge in [0.1, 0.15) is 0 Å². The third kappa shape index (κ3) is 6.99. The van der Waals surface area contributed by atoms with Crippen LogP contribution in [0.25, 0.3) is 0 Å². The molecule has 0 saturated carbocycles. The van der Waals surface area contributed by atoms with Gasteiger partial charge in [0.05, 0.1) is 18.8 Å². The number of methoxy groups -OCH3 is 1. The molecule has 1 saturated heterocycles. The molecule has 1 aliphatic rings.